The highest BCUT2D eigenvalue weighted by molar-refractivity contribution is 5.91. The van der Waals surface area contributed by atoms with E-state index < -0.39 is 5.60 Å². The first-order chi connectivity index (χ1) is 12.3. The third kappa shape index (κ3) is 3.43. The van der Waals surface area contributed by atoms with Crippen LogP contribution in [0.25, 0.3) is 0 Å². The van der Waals surface area contributed by atoms with Crippen molar-refractivity contribution in [2.24, 2.45) is 0 Å². The van der Waals surface area contributed by atoms with Gasteiger partial charge in [-0.2, -0.15) is 0 Å². The number of amides is 1. The van der Waals surface area contributed by atoms with E-state index in [0.29, 0.717) is 25.3 Å². The zero-order valence-corrected chi connectivity index (χ0v) is 15.3. The van der Waals surface area contributed by atoms with E-state index in [-0.39, 0.29) is 23.1 Å². The van der Waals surface area contributed by atoms with E-state index in [1.54, 1.807) is 11.8 Å². The van der Waals surface area contributed by atoms with Crippen molar-refractivity contribution < 1.29 is 14.3 Å². The highest BCUT2D eigenvalue weighted by Gasteiger charge is 2.45. The van der Waals surface area contributed by atoms with E-state index in [2.05, 4.69) is 0 Å². The number of hydrogen-bond acceptors (Lipinski definition) is 5. The van der Waals surface area contributed by atoms with Crippen LogP contribution in [0.3, 0.4) is 0 Å². The van der Waals surface area contributed by atoms with Gasteiger partial charge >= 0.3 is 0 Å². The number of benzene rings is 1. The van der Waals surface area contributed by atoms with Crippen LogP contribution < -0.4 is 5.43 Å². The summed E-state index contributed by atoms with van der Waals surface area (Å²) in [5.41, 5.74) is -0.457. The number of rotatable bonds is 3. The molecule has 1 fully saturated rings. The quantitative estimate of drug-likeness (QED) is 0.904. The van der Waals surface area contributed by atoms with Gasteiger partial charge in [-0.25, -0.2) is 0 Å². The lowest BCUT2D eigenvalue weighted by atomic mass is 9.79. The van der Waals surface area contributed by atoms with Crippen molar-refractivity contribution in [3.63, 3.8) is 0 Å². The Balaban J connectivity index is 1.88. The normalized spacial score (nSPS) is 23.3. The first kappa shape index (κ1) is 18.4. The molecule has 1 amide bonds. The minimum atomic E-state index is -1.05. The predicted molar refractivity (Wildman–Crippen MR) is 98.0 cm³/mol. The van der Waals surface area contributed by atoms with E-state index in [4.69, 9.17) is 4.42 Å². The van der Waals surface area contributed by atoms with Gasteiger partial charge in [-0.15, -0.1) is 0 Å². The molecule has 1 aliphatic heterocycles. The SMILES string of the molecule is Cc1cc(=O)cc(C(=O)N2CC[C@](O)(c3ccccc3)[C@H](N(C)C)C2)o1. The molecule has 138 valence electrons. The Kier molecular flexibility index (Phi) is 4.98. The van der Waals surface area contributed by atoms with Crippen molar-refractivity contribution in [3.8, 4) is 0 Å². The molecule has 2 aromatic rings. The van der Waals surface area contributed by atoms with Crippen LogP contribution in [0.4, 0.5) is 0 Å². The summed E-state index contributed by atoms with van der Waals surface area (Å²) in [5, 5.41) is 11.4. The molecule has 1 aromatic heterocycles. The molecule has 0 bridgehead atoms. The second kappa shape index (κ2) is 7.05. The smallest absolute Gasteiger partial charge is 0.289 e. The fourth-order valence-electron chi connectivity index (χ4n) is 3.63. The molecule has 1 saturated heterocycles. The lowest BCUT2D eigenvalue weighted by Crippen LogP contribution is -2.60. The van der Waals surface area contributed by atoms with Gasteiger partial charge in [-0.05, 0) is 33.0 Å². The molecule has 0 saturated carbocycles. The molecule has 26 heavy (non-hydrogen) atoms. The predicted octanol–water partition coefficient (Wildman–Crippen LogP) is 1.61. The highest BCUT2D eigenvalue weighted by Crippen LogP contribution is 2.35. The third-order valence-corrected chi connectivity index (χ3v) is 4.99. The largest absolute Gasteiger partial charge is 0.456 e. The topological polar surface area (TPSA) is 74.0 Å². The first-order valence-electron chi connectivity index (χ1n) is 8.66. The molecule has 2 heterocycles. The number of likely N-dealkylation sites (N-methyl/N-ethyl adjacent to an activating group) is 1. The van der Waals surface area contributed by atoms with Crippen LogP contribution in [0.15, 0.2) is 51.7 Å². The van der Waals surface area contributed by atoms with Crippen molar-refractivity contribution in [2.75, 3.05) is 27.2 Å². The Bertz CT molecular complexity index is 846. The van der Waals surface area contributed by atoms with E-state index >= 15 is 0 Å². The van der Waals surface area contributed by atoms with Gasteiger partial charge < -0.3 is 19.3 Å². The lowest BCUT2D eigenvalue weighted by Gasteiger charge is -2.47. The third-order valence-electron chi connectivity index (χ3n) is 4.99. The standard InChI is InChI=1S/C20H24N2O4/c1-14-11-16(23)12-17(26-14)19(24)22-10-9-20(25,18(13-22)21(2)3)15-7-5-4-6-8-15/h4-8,11-12,18,25H,9-10,13H2,1-3H3/t18-,20+/m1/s1. The second-order valence-electron chi connectivity index (χ2n) is 7.04. The molecule has 0 aliphatic carbocycles. The number of nitrogens with zero attached hydrogens (tertiary/aromatic N) is 2. The number of aliphatic hydroxyl groups is 1. The van der Waals surface area contributed by atoms with Crippen molar-refractivity contribution in [3.05, 3.63) is 69.8 Å². The van der Waals surface area contributed by atoms with Crippen LogP contribution in [0, 0.1) is 6.92 Å². The zero-order chi connectivity index (χ0) is 18.9. The minimum absolute atomic E-state index is 0.0395. The van der Waals surface area contributed by atoms with Crippen molar-refractivity contribution in [1.29, 1.82) is 0 Å². The number of likely N-dealkylation sites (tertiary alicyclic amines) is 1. The minimum Gasteiger partial charge on any atom is -0.456 e. The molecule has 1 N–H and O–H groups in total. The first-order valence-corrected chi connectivity index (χ1v) is 8.66. The summed E-state index contributed by atoms with van der Waals surface area (Å²) in [5.74, 6) is 0.119. The number of piperidine rings is 1. The fraction of sp³-hybridized carbons (Fsp3) is 0.400. The number of aryl methyl sites for hydroxylation is 1. The molecular weight excluding hydrogens is 332 g/mol. The Morgan fingerprint density at radius 2 is 1.96 bits per heavy atom. The van der Waals surface area contributed by atoms with Crippen molar-refractivity contribution in [1.82, 2.24) is 9.80 Å². The highest BCUT2D eigenvalue weighted by atomic mass is 16.3. The molecule has 0 spiro atoms. The van der Waals surface area contributed by atoms with Crippen LogP contribution >= 0.6 is 0 Å². The molecule has 6 heteroatoms. The lowest BCUT2D eigenvalue weighted by molar-refractivity contribution is -0.0814. The summed E-state index contributed by atoms with van der Waals surface area (Å²) in [4.78, 5) is 28.1. The fourth-order valence-corrected chi connectivity index (χ4v) is 3.63. The maximum absolute atomic E-state index is 12.8. The molecule has 0 unspecified atom stereocenters. The molecule has 0 radical (unpaired) electrons. The maximum Gasteiger partial charge on any atom is 0.289 e. The summed E-state index contributed by atoms with van der Waals surface area (Å²) in [7, 11) is 3.78. The van der Waals surface area contributed by atoms with Gasteiger partial charge in [0.15, 0.2) is 11.2 Å². The van der Waals surface area contributed by atoms with Gasteiger partial charge in [0.05, 0.1) is 6.04 Å². The second-order valence-corrected chi connectivity index (χ2v) is 7.04. The Morgan fingerprint density at radius 1 is 1.27 bits per heavy atom. The van der Waals surface area contributed by atoms with Crippen LogP contribution in [-0.4, -0.2) is 54.0 Å². The average molecular weight is 356 g/mol. The average Bonchev–Trinajstić information content (AvgIpc) is 2.61. The van der Waals surface area contributed by atoms with Crippen molar-refractivity contribution in [2.45, 2.75) is 25.0 Å². The number of carbonyl (C=O) groups excluding carboxylic acids is 1. The van der Waals surface area contributed by atoms with Gasteiger partial charge in [0.25, 0.3) is 5.91 Å². The van der Waals surface area contributed by atoms with E-state index in [9.17, 15) is 14.7 Å². The Morgan fingerprint density at radius 3 is 2.58 bits per heavy atom. The molecule has 2 atom stereocenters. The van der Waals surface area contributed by atoms with Gasteiger partial charge in [-0.1, -0.05) is 30.3 Å². The van der Waals surface area contributed by atoms with Gasteiger partial charge in [-0.3, -0.25) is 9.59 Å². The van der Waals surface area contributed by atoms with Crippen LogP contribution in [0.1, 0.15) is 28.3 Å². The summed E-state index contributed by atoms with van der Waals surface area (Å²) in [6.45, 7) is 2.37. The Hall–Kier alpha value is -2.44. The van der Waals surface area contributed by atoms with Gasteiger partial charge in [0.1, 0.15) is 11.4 Å². The van der Waals surface area contributed by atoms with E-state index in [0.717, 1.165) is 5.56 Å². The summed E-state index contributed by atoms with van der Waals surface area (Å²) < 4.78 is 5.44. The number of hydrogen-bond donors (Lipinski definition) is 1. The molecule has 1 aliphatic rings. The zero-order valence-electron chi connectivity index (χ0n) is 15.3. The van der Waals surface area contributed by atoms with Gasteiger partial charge in [0, 0.05) is 25.2 Å². The molecule has 3 rings (SSSR count). The number of carbonyl (C=O) groups is 1. The van der Waals surface area contributed by atoms with Crippen LogP contribution in [0.2, 0.25) is 0 Å². The van der Waals surface area contributed by atoms with Crippen LogP contribution in [-0.2, 0) is 5.60 Å². The van der Waals surface area contributed by atoms with E-state index in [1.807, 2.05) is 49.3 Å². The summed E-state index contributed by atoms with van der Waals surface area (Å²) in [6, 6.07) is 11.8. The summed E-state index contributed by atoms with van der Waals surface area (Å²) in [6.07, 6.45) is 0.404. The molecule has 6 nitrogen and oxygen atoms in total. The van der Waals surface area contributed by atoms with E-state index in [1.165, 1.54) is 12.1 Å². The molecular formula is C20H24N2O4. The monoisotopic (exact) mass is 356 g/mol. The maximum atomic E-state index is 12.8. The molecule has 1 aromatic carbocycles. The van der Waals surface area contributed by atoms with Crippen LogP contribution in [0.5, 0.6) is 0 Å². The van der Waals surface area contributed by atoms with Crippen molar-refractivity contribution >= 4 is 5.91 Å². The van der Waals surface area contributed by atoms with Gasteiger partial charge in [0.2, 0.25) is 0 Å². The summed E-state index contributed by atoms with van der Waals surface area (Å²) >= 11 is 0. The Labute approximate surface area is 152 Å².